The number of hydrogen-bond acceptors (Lipinski definition) is 2. The zero-order chi connectivity index (χ0) is 41.5. The molecule has 2 nitrogen and oxygen atoms in total. The number of para-hydroxylation sites is 2. The lowest BCUT2D eigenvalue weighted by molar-refractivity contribution is 0.667. The van der Waals surface area contributed by atoms with Gasteiger partial charge < -0.3 is 9.32 Å². The second-order valence-corrected chi connectivity index (χ2v) is 17.4. The van der Waals surface area contributed by atoms with E-state index in [0.717, 1.165) is 36.8 Å². The van der Waals surface area contributed by atoms with E-state index in [1.807, 2.05) is 6.07 Å². The van der Waals surface area contributed by atoms with Gasteiger partial charge in [-0.2, -0.15) is 0 Å². The number of rotatable bonds is 6. The number of fused-ring (bicyclic) bond motifs is 13. The molecule has 8 aromatic carbocycles. The van der Waals surface area contributed by atoms with Crippen LogP contribution < -0.4 is 4.90 Å². The van der Waals surface area contributed by atoms with E-state index in [-0.39, 0.29) is 5.41 Å². The molecular weight excluding hydrogens is 763 g/mol. The Morgan fingerprint density at radius 3 is 1.54 bits per heavy atom. The van der Waals surface area contributed by atoms with Gasteiger partial charge >= 0.3 is 0 Å². The van der Waals surface area contributed by atoms with Crippen LogP contribution in [0.4, 0.5) is 5.69 Å². The maximum atomic E-state index is 6.48. The molecule has 1 spiro atoms. The van der Waals surface area contributed by atoms with Crippen LogP contribution in [0.1, 0.15) is 59.1 Å². The van der Waals surface area contributed by atoms with Gasteiger partial charge in [-0.1, -0.05) is 176 Å². The van der Waals surface area contributed by atoms with E-state index in [1.54, 1.807) is 0 Å². The van der Waals surface area contributed by atoms with E-state index in [2.05, 4.69) is 211 Å². The van der Waals surface area contributed by atoms with E-state index in [9.17, 15) is 0 Å². The Labute approximate surface area is 368 Å². The number of allylic oxidation sites excluding steroid dienone is 8. The minimum Gasteiger partial charge on any atom is -0.455 e. The van der Waals surface area contributed by atoms with Crippen LogP contribution in [0, 0.1) is 0 Å². The molecule has 1 aromatic heterocycles. The standard InChI is InChI=1S/C61H43NO/c1-2-13-40(14-3-1)41-25-32-45(33-26-41)62(47-36-29-43(30-37-47)48-19-12-20-54-53-18-7-11-24-59(53)63-60(48)54)46-34-27-42(28-35-46)44-31-38-52-51-17-6-10-23-57(51)61(58(52)39-44)55-21-8-4-15-49(55)50-16-5-9-22-56(50)61/h1-27,29,31-34,36,38-39H,28,30,35,37H2. The summed E-state index contributed by atoms with van der Waals surface area (Å²) in [5, 5.41) is 2.34. The maximum absolute atomic E-state index is 6.48. The van der Waals surface area contributed by atoms with Gasteiger partial charge in [0.05, 0.1) is 5.41 Å². The molecule has 2 heteroatoms. The Morgan fingerprint density at radius 2 is 0.889 bits per heavy atom. The van der Waals surface area contributed by atoms with Crippen molar-refractivity contribution < 1.29 is 4.42 Å². The highest BCUT2D eigenvalue weighted by Crippen LogP contribution is 2.63. The normalized spacial score (nSPS) is 15.6. The van der Waals surface area contributed by atoms with Crippen molar-refractivity contribution in [3.8, 4) is 33.4 Å². The summed E-state index contributed by atoms with van der Waals surface area (Å²) in [6.45, 7) is 0. The predicted octanol–water partition coefficient (Wildman–Crippen LogP) is 15.9. The largest absolute Gasteiger partial charge is 0.455 e. The first kappa shape index (κ1) is 36.0. The van der Waals surface area contributed by atoms with Crippen LogP contribution in [0.5, 0.6) is 0 Å². The van der Waals surface area contributed by atoms with Crippen molar-refractivity contribution in [2.75, 3.05) is 4.90 Å². The van der Waals surface area contributed by atoms with Crippen LogP contribution in [-0.2, 0) is 5.41 Å². The lowest BCUT2D eigenvalue weighted by atomic mass is 9.70. The SMILES string of the molecule is C1=C(c2ccc3c(c2)C2(c4ccccc4-c4ccccc42)c2ccccc2-3)CCC(N(C2=CC=C(c3cccc4c3oc3ccccc34)CC2)c2ccc(-c3ccccc3)cc2)=C1. The third kappa shape index (κ3) is 5.44. The minimum atomic E-state index is -0.343. The molecule has 1 heterocycles. The number of benzene rings is 8. The fourth-order valence-corrected chi connectivity index (χ4v) is 11.3. The molecule has 0 N–H and O–H groups in total. The van der Waals surface area contributed by atoms with Gasteiger partial charge in [-0.05, 0) is 134 Å². The maximum Gasteiger partial charge on any atom is 0.142 e. The van der Waals surface area contributed by atoms with Crippen LogP contribution in [0.2, 0.25) is 0 Å². The number of furan rings is 1. The number of nitrogens with zero attached hydrogens (tertiary/aromatic N) is 1. The summed E-state index contributed by atoms with van der Waals surface area (Å²) >= 11 is 0. The van der Waals surface area contributed by atoms with Gasteiger partial charge in [0.25, 0.3) is 0 Å². The topological polar surface area (TPSA) is 16.4 Å². The number of hydrogen-bond donors (Lipinski definition) is 0. The first-order valence-corrected chi connectivity index (χ1v) is 22.3. The summed E-state index contributed by atoms with van der Waals surface area (Å²) in [6.07, 6.45) is 13.2. The van der Waals surface area contributed by atoms with E-state index in [1.165, 1.54) is 106 Å². The monoisotopic (exact) mass is 805 g/mol. The average molecular weight is 806 g/mol. The van der Waals surface area contributed by atoms with Gasteiger partial charge in [-0.3, -0.25) is 0 Å². The molecule has 4 aliphatic rings. The van der Waals surface area contributed by atoms with E-state index >= 15 is 0 Å². The highest BCUT2D eigenvalue weighted by molar-refractivity contribution is 6.08. The van der Waals surface area contributed by atoms with E-state index in [0.29, 0.717) is 0 Å². The van der Waals surface area contributed by atoms with Crippen molar-refractivity contribution in [3.05, 3.63) is 257 Å². The third-order valence-corrected chi connectivity index (χ3v) is 14.2. The molecule has 0 amide bonds. The average Bonchev–Trinajstić information content (AvgIpc) is 3.99. The van der Waals surface area contributed by atoms with Crippen LogP contribution in [-0.4, -0.2) is 0 Å². The molecule has 0 fully saturated rings. The molecule has 13 rings (SSSR count). The van der Waals surface area contributed by atoms with Crippen LogP contribution in [0.15, 0.2) is 228 Å². The summed E-state index contributed by atoms with van der Waals surface area (Å²) in [5.41, 5.74) is 23.9. The molecule has 298 valence electrons. The van der Waals surface area contributed by atoms with Gasteiger partial charge in [-0.25, -0.2) is 0 Å². The van der Waals surface area contributed by atoms with E-state index in [4.69, 9.17) is 4.42 Å². The van der Waals surface area contributed by atoms with Crippen molar-refractivity contribution in [2.45, 2.75) is 31.1 Å². The molecule has 0 unspecified atom stereocenters. The molecule has 9 aromatic rings. The molecule has 4 aliphatic carbocycles. The summed E-state index contributed by atoms with van der Waals surface area (Å²) < 4.78 is 6.48. The molecule has 0 radical (unpaired) electrons. The minimum absolute atomic E-state index is 0.343. The quantitative estimate of drug-likeness (QED) is 0.166. The van der Waals surface area contributed by atoms with Gasteiger partial charge in [0.15, 0.2) is 0 Å². The molecule has 0 atom stereocenters. The van der Waals surface area contributed by atoms with Crippen LogP contribution >= 0.6 is 0 Å². The first-order valence-electron chi connectivity index (χ1n) is 22.3. The lowest BCUT2D eigenvalue weighted by Crippen LogP contribution is -2.26. The van der Waals surface area contributed by atoms with Crippen molar-refractivity contribution >= 4 is 38.8 Å². The Hall–Kier alpha value is -7.68. The zero-order valence-electron chi connectivity index (χ0n) is 34.9. The summed E-state index contributed by atoms with van der Waals surface area (Å²) in [4.78, 5) is 2.53. The van der Waals surface area contributed by atoms with Crippen molar-refractivity contribution in [2.24, 2.45) is 0 Å². The second kappa shape index (κ2) is 14.2. The van der Waals surface area contributed by atoms with Gasteiger partial charge in [0.1, 0.15) is 11.2 Å². The molecular formula is C61H43NO. The summed E-state index contributed by atoms with van der Waals surface area (Å²) in [6, 6.07) is 69.3. The highest BCUT2D eigenvalue weighted by Gasteiger charge is 2.51. The molecule has 63 heavy (non-hydrogen) atoms. The van der Waals surface area contributed by atoms with Crippen molar-refractivity contribution in [1.29, 1.82) is 0 Å². The van der Waals surface area contributed by atoms with Crippen molar-refractivity contribution in [1.82, 2.24) is 0 Å². The fraction of sp³-hybridized carbons (Fsp3) is 0.0820. The first-order chi connectivity index (χ1) is 31.2. The Balaban J connectivity index is 0.900. The van der Waals surface area contributed by atoms with Gasteiger partial charge in [0, 0.05) is 33.4 Å². The number of anilines is 1. The van der Waals surface area contributed by atoms with Crippen LogP contribution in [0.25, 0.3) is 66.5 Å². The lowest BCUT2D eigenvalue weighted by Gasteiger charge is -2.33. The zero-order valence-corrected chi connectivity index (χ0v) is 34.9. The smallest absolute Gasteiger partial charge is 0.142 e. The molecule has 0 saturated carbocycles. The Kier molecular flexibility index (Phi) is 8.11. The predicted molar refractivity (Wildman–Crippen MR) is 261 cm³/mol. The third-order valence-electron chi connectivity index (χ3n) is 14.2. The van der Waals surface area contributed by atoms with Gasteiger partial charge in [-0.15, -0.1) is 0 Å². The summed E-state index contributed by atoms with van der Waals surface area (Å²) in [5.74, 6) is 0. The molecule has 0 aliphatic heterocycles. The Morgan fingerprint density at radius 1 is 0.365 bits per heavy atom. The highest BCUT2D eigenvalue weighted by atomic mass is 16.3. The van der Waals surface area contributed by atoms with Gasteiger partial charge in [0.2, 0.25) is 0 Å². The van der Waals surface area contributed by atoms with Crippen molar-refractivity contribution in [3.63, 3.8) is 0 Å². The Bertz CT molecular complexity index is 3380. The summed E-state index contributed by atoms with van der Waals surface area (Å²) in [7, 11) is 0. The van der Waals surface area contributed by atoms with Crippen LogP contribution in [0.3, 0.4) is 0 Å². The second-order valence-electron chi connectivity index (χ2n) is 17.4. The molecule has 0 saturated heterocycles. The fourth-order valence-electron chi connectivity index (χ4n) is 11.3. The molecule has 0 bridgehead atoms. The van der Waals surface area contributed by atoms with E-state index < -0.39 is 0 Å².